The first-order chi connectivity index (χ1) is 9.67. The molecule has 0 aliphatic carbocycles. The van der Waals surface area contributed by atoms with Gasteiger partial charge in [0.1, 0.15) is 0 Å². The largest absolute Gasteiger partial charge is 0.494 e. The first-order valence-corrected chi connectivity index (χ1v) is 5.97. The van der Waals surface area contributed by atoms with Gasteiger partial charge in [0.05, 0.1) is 18.5 Å². The maximum absolute atomic E-state index is 13.5. The summed E-state index contributed by atoms with van der Waals surface area (Å²) in [4.78, 5) is 0. The Labute approximate surface area is 115 Å². The van der Waals surface area contributed by atoms with Crippen LogP contribution in [0, 0.1) is 5.82 Å². The smallest absolute Gasteiger partial charge is 0.231 e. The fraction of sp³-hybridized carbons (Fsp3) is 0.143. The number of nitrogens with one attached hydrogen (secondary N) is 1. The van der Waals surface area contributed by atoms with Gasteiger partial charge < -0.3 is 25.3 Å². The van der Waals surface area contributed by atoms with Crippen molar-refractivity contribution in [2.45, 2.75) is 0 Å². The van der Waals surface area contributed by atoms with Crippen molar-refractivity contribution in [3.05, 3.63) is 36.1 Å². The van der Waals surface area contributed by atoms with Crippen LogP contribution in [0.15, 0.2) is 30.3 Å². The van der Waals surface area contributed by atoms with Crippen LogP contribution in [-0.4, -0.2) is 13.9 Å². The molecular weight excluding hydrogens is 263 g/mol. The standard InChI is InChI=1S/C14H13FN2O3/c1-18-13-6-11(10(16)5-9(13)15)17-8-2-3-12-14(4-8)20-7-19-12/h2-6,17H,7,16H2,1H3. The van der Waals surface area contributed by atoms with Crippen LogP contribution in [0.5, 0.6) is 17.2 Å². The molecule has 1 heterocycles. The monoisotopic (exact) mass is 276 g/mol. The van der Waals surface area contributed by atoms with Crippen molar-refractivity contribution in [1.82, 2.24) is 0 Å². The summed E-state index contributed by atoms with van der Waals surface area (Å²) in [5.74, 6) is 0.978. The molecule has 1 aliphatic rings. The minimum Gasteiger partial charge on any atom is -0.494 e. The van der Waals surface area contributed by atoms with Gasteiger partial charge in [-0.2, -0.15) is 0 Å². The summed E-state index contributed by atoms with van der Waals surface area (Å²) in [6.07, 6.45) is 0. The second-order valence-electron chi connectivity index (χ2n) is 4.27. The Bertz CT molecular complexity index is 661. The van der Waals surface area contributed by atoms with Crippen molar-refractivity contribution < 1.29 is 18.6 Å². The summed E-state index contributed by atoms with van der Waals surface area (Å²) >= 11 is 0. The fourth-order valence-corrected chi connectivity index (χ4v) is 1.96. The molecule has 6 heteroatoms. The van der Waals surface area contributed by atoms with Crippen LogP contribution in [0.1, 0.15) is 0 Å². The van der Waals surface area contributed by atoms with Gasteiger partial charge >= 0.3 is 0 Å². The minimum absolute atomic E-state index is 0.127. The maximum atomic E-state index is 13.5. The number of nitrogen functional groups attached to an aromatic ring is 1. The second kappa shape index (κ2) is 4.80. The van der Waals surface area contributed by atoms with Crippen molar-refractivity contribution in [3.63, 3.8) is 0 Å². The van der Waals surface area contributed by atoms with E-state index in [2.05, 4.69) is 5.32 Å². The Hall–Kier alpha value is -2.63. The van der Waals surface area contributed by atoms with Crippen LogP contribution in [-0.2, 0) is 0 Å². The molecule has 104 valence electrons. The number of anilines is 3. The highest BCUT2D eigenvalue weighted by Gasteiger charge is 2.14. The number of nitrogens with two attached hydrogens (primary N) is 1. The SMILES string of the molecule is COc1cc(Nc2ccc3c(c2)OCO3)c(N)cc1F. The zero-order valence-corrected chi connectivity index (χ0v) is 10.8. The van der Waals surface area contributed by atoms with E-state index in [0.717, 1.165) is 5.69 Å². The van der Waals surface area contributed by atoms with Crippen LogP contribution < -0.4 is 25.3 Å². The third-order valence-electron chi connectivity index (χ3n) is 2.98. The third kappa shape index (κ3) is 2.16. The molecule has 0 spiro atoms. The minimum atomic E-state index is -0.499. The first kappa shape index (κ1) is 12.4. The Morgan fingerprint density at radius 3 is 2.80 bits per heavy atom. The predicted molar refractivity (Wildman–Crippen MR) is 73.2 cm³/mol. The van der Waals surface area contributed by atoms with Gasteiger partial charge in [0.25, 0.3) is 0 Å². The Kier molecular flexibility index (Phi) is 2.98. The van der Waals surface area contributed by atoms with Crippen LogP contribution in [0.3, 0.4) is 0 Å². The van der Waals surface area contributed by atoms with Crippen molar-refractivity contribution >= 4 is 17.1 Å². The summed E-state index contributed by atoms with van der Waals surface area (Å²) in [6.45, 7) is 0.214. The van der Waals surface area contributed by atoms with Gasteiger partial charge in [-0.25, -0.2) is 4.39 Å². The Morgan fingerprint density at radius 1 is 1.20 bits per heavy atom. The summed E-state index contributed by atoms with van der Waals surface area (Å²) in [5.41, 5.74) is 7.40. The van der Waals surface area contributed by atoms with Crippen molar-refractivity contribution in [2.24, 2.45) is 0 Å². The molecule has 0 saturated heterocycles. The van der Waals surface area contributed by atoms with Crippen LogP contribution in [0.2, 0.25) is 0 Å². The van der Waals surface area contributed by atoms with E-state index >= 15 is 0 Å². The summed E-state index contributed by atoms with van der Waals surface area (Å²) in [6, 6.07) is 8.13. The number of fused-ring (bicyclic) bond motifs is 1. The number of benzene rings is 2. The van der Waals surface area contributed by atoms with E-state index in [1.54, 1.807) is 12.1 Å². The number of hydrogen-bond donors (Lipinski definition) is 2. The first-order valence-electron chi connectivity index (χ1n) is 5.97. The lowest BCUT2D eigenvalue weighted by atomic mass is 10.2. The zero-order valence-electron chi connectivity index (χ0n) is 10.8. The number of methoxy groups -OCH3 is 1. The Morgan fingerprint density at radius 2 is 2.00 bits per heavy atom. The average molecular weight is 276 g/mol. The van der Waals surface area contributed by atoms with E-state index in [9.17, 15) is 4.39 Å². The van der Waals surface area contributed by atoms with E-state index in [1.165, 1.54) is 19.2 Å². The molecule has 0 fully saturated rings. The highest BCUT2D eigenvalue weighted by Crippen LogP contribution is 2.36. The average Bonchev–Trinajstić information content (AvgIpc) is 2.89. The molecule has 2 aromatic carbocycles. The lowest BCUT2D eigenvalue weighted by Crippen LogP contribution is -1.99. The van der Waals surface area contributed by atoms with Gasteiger partial charge in [0.15, 0.2) is 23.1 Å². The lowest BCUT2D eigenvalue weighted by molar-refractivity contribution is 0.174. The molecule has 0 amide bonds. The summed E-state index contributed by atoms with van der Waals surface area (Å²) in [7, 11) is 1.40. The van der Waals surface area contributed by atoms with Gasteiger partial charge in [0.2, 0.25) is 6.79 Å². The lowest BCUT2D eigenvalue weighted by Gasteiger charge is -2.12. The molecule has 2 aromatic rings. The van der Waals surface area contributed by atoms with E-state index in [0.29, 0.717) is 22.9 Å². The molecule has 5 nitrogen and oxygen atoms in total. The van der Waals surface area contributed by atoms with Crippen molar-refractivity contribution in [2.75, 3.05) is 25.0 Å². The number of ether oxygens (including phenoxy) is 3. The highest BCUT2D eigenvalue weighted by atomic mass is 19.1. The van der Waals surface area contributed by atoms with Crippen LogP contribution >= 0.6 is 0 Å². The fourth-order valence-electron chi connectivity index (χ4n) is 1.96. The van der Waals surface area contributed by atoms with Crippen molar-refractivity contribution in [3.8, 4) is 17.2 Å². The molecule has 0 aromatic heterocycles. The molecule has 0 radical (unpaired) electrons. The van der Waals surface area contributed by atoms with E-state index in [4.69, 9.17) is 19.9 Å². The normalized spacial score (nSPS) is 12.3. The highest BCUT2D eigenvalue weighted by molar-refractivity contribution is 5.75. The quantitative estimate of drug-likeness (QED) is 0.844. The molecule has 3 rings (SSSR count). The molecule has 1 aliphatic heterocycles. The molecule has 3 N–H and O–H groups in total. The number of rotatable bonds is 3. The van der Waals surface area contributed by atoms with Crippen LogP contribution in [0.25, 0.3) is 0 Å². The molecule has 20 heavy (non-hydrogen) atoms. The molecule has 0 saturated carbocycles. The van der Waals surface area contributed by atoms with Gasteiger partial charge in [-0.3, -0.25) is 0 Å². The predicted octanol–water partition coefficient (Wildman–Crippen LogP) is 2.89. The third-order valence-corrected chi connectivity index (χ3v) is 2.98. The summed E-state index contributed by atoms with van der Waals surface area (Å²) < 4.78 is 28.9. The number of halogens is 1. The molecular formula is C14H13FN2O3. The topological polar surface area (TPSA) is 65.7 Å². The molecule has 0 atom stereocenters. The summed E-state index contributed by atoms with van der Waals surface area (Å²) in [5, 5.41) is 3.10. The maximum Gasteiger partial charge on any atom is 0.231 e. The zero-order chi connectivity index (χ0) is 14.1. The number of hydrogen-bond acceptors (Lipinski definition) is 5. The Balaban J connectivity index is 1.91. The second-order valence-corrected chi connectivity index (χ2v) is 4.27. The molecule has 0 unspecified atom stereocenters. The van der Waals surface area contributed by atoms with E-state index in [1.807, 2.05) is 6.07 Å². The van der Waals surface area contributed by atoms with Gasteiger partial charge in [-0.05, 0) is 12.1 Å². The van der Waals surface area contributed by atoms with Gasteiger partial charge in [-0.1, -0.05) is 0 Å². The van der Waals surface area contributed by atoms with E-state index < -0.39 is 5.82 Å². The van der Waals surface area contributed by atoms with Crippen LogP contribution in [0.4, 0.5) is 21.5 Å². The van der Waals surface area contributed by atoms with Crippen molar-refractivity contribution in [1.29, 1.82) is 0 Å². The van der Waals surface area contributed by atoms with Gasteiger partial charge in [-0.15, -0.1) is 0 Å². The van der Waals surface area contributed by atoms with Gasteiger partial charge in [0, 0.05) is 23.9 Å². The van der Waals surface area contributed by atoms with E-state index in [-0.39, 0.29) is 12.5 Å². The molecule has 0 bridgehead atoms.